The molecule has 1 aliphatic heterocycles. The molecule has 0 aromatic heterocycles. The third-order valence-corrected chi connectivity index (χ3v) is 3.80. The zero-order chi connectivity index (χ0) is 13.8. The number of benzene rings is 1. The Balaban J connectivity index is 2.05. The van der Waals surface area contributed by atoms with Crippen molar-refractivity contribution in [3.05, 3.63) is 33.9 Å². The molecule has 5 heteroatoms. The predicted octanol–water partition coefficient (Wildman–Crippen LogP) is 2.80. The molecule has 1 N–H and O–H groups in total. The van der Waals surface area contributed by atoms with E-state index < -0.39 is 0 Å². The molecule has 1 aromatic rings. The summed E-state index contributed by atoms with van der Waals surface area (Å²) in [5.74, 6) is 0. The minimum Gasteiger partial charge on any atom is -0.378 e. The number of anilines is 1. The van der Waals surface area contributed by atoms with E-state index in [1.54, 1.807) is 12.1 Å². The minimum absolute atomic E-state index is 0.157. The highest BCUT2D eigenvalue weighted by molar-refractivity contribution is 5.62. The van der Waals surface area contributed by atoms with Gasteiger partial charge in [0, 0.05) is 18.7 Å². The number of rotatable bonds is 4. The maximum absolute atomic E-state index is 11.0. The summed E-state index contributed by atoms with van der Waals surface area (Å²) in [6.45, 7) is 3.82. The number of hydrogen-bond acceptors (Lipinski definition) is 4. The first-order chi connectivity index (χ1) is 9.08. The molecule has 1 aliphatic rings. The summed E-state index contributed by atoms with van der Waals surface area (Å²) < 4.78 is 0. The van der Waals surface area contributed by atoms with Gasteiger partial charge >= 0.3 is 0 Å². The quantitative estimate of drug-likeness (QED) is 0.670. The van der Waals surface area contributed by atoms with Gasteiger partial charge in [0.15, 0.2) is 0 Å². The van der Waals surface area contributed by atoms with Gasteiger partial charge in [-0.1, -0.05) is 12.5 Å². The molecule has 1 fully saturated rings. The van der Waals surface area contributed by atoms with E-state index in [9.17, 15) is 10.1 Å². The summed E-state index contributed by atoms with van der Waals surface area (Å²) in [6, 6.07) is 5.66. The van der Waals surface area contributed by atoms with Crippen LogP contribution in [-0.4, -0.2) is 36.0 Å². The van der Waals surface area contributed by atoms with E-state index in [0.717, 1.165) is 25.1 Å². The molecule has 0 aliphatic carbocycles. The molecule has 5 nitrogen and oxygen atoms in total. The van der Waals surface area contributed by atoms with Crippen LogP contribution in [0.2, 0.25) is 0 Å². The number of nitro benzene ring substituents is 1. The molecule has 0 spiro atoms. The Hall–Kier alpha value is -1.62. The van der Waals surface area contributed by atoms with Crippen LogP contribution in [0.3, 0.4) is 0 Å². The van der Waals surface area contributed by atoms with Crippen molar-refractivity contribution in [1.29, 1.82) is 0 Å². The molecule has 1 saturated heterocycles. The topological polar surface area (TPSA) is 58.4 Å². The second-order valence-corrected chi connectivity index (χ2v) is 5.29. The maximum Gasteiger partial charge on any atom is 0.292 e. The first-order valence-electron chi connectivity index (χ1n) is 6.77. The van der Waals surface area contributed by atoms with E-state index in [1.807, 2.05) is 13.0 Å². The molecule has 104 valence electrons. The van der Waals surface area contributed by atoms with Crippen molar-refractivity contribution in [2.24, 2.45) is 0 Å². The van der Waals surface area contributed by atoms with Crippen LogP contribution in [-0.2, 0) is 0 Å². The Labute approximate surface area is 113 Å². The van der Waals surface area contributed by atoms with Crippen molar-refractivity contribution in [2.75, 3.05) is 25.5 Å². The van der Waals surface area contributed by atoms with Gasteiger partial charge in [-0.3, -0.25) is 10.1 Å². The van der Waals surface area contributed by atoms with Crippen LogP contribution >= 0.6 is 0 Å². The van der Waals surface area contributed by atoms with Gasteiger partial charge in [-0.05, 0) is 45.0 Å². The molecule has 1 unspecified atom stereocenters. The highest BCUT2D eigenvalue weighted by Crippen LogP contribution is 2.26. The van der Waals surface area contributed by atoms with Crippen molar-refractivity contribution in [1.82, 2.24) is 4.90 Å². The SMILES string of the molecule is Cc1ccc([N+](=O)[O-])c(NCC2CCCCN2C)c1. The standard InChI is InChI=1S/C14H21N3O2/c1-11-6-7-14(17(18)19)13(9-11)15-10-12-5-3-4-8-16(12)2/h6-7,9,12,15H,3-5,8,10H2,1-2H3. The third kappa shape index (κ3) is 3.44. The summed E-state index contributed by atoms with van der Waals surface area (Å²) in [7, 11) is 2.12. The lowest BCUT2D eigenvalue weighted by Gasteiger charge is -2.32. The minimum atomic E-state index is -0.327. The van der Waals surface area contributed by atoms with Crippen LogP contribution in [0.1, 0.15) is 24.8 Å². The molecular weight excluding hydrogens is 242 g/mol. The average molecular weight is 263 g/mol. The Kier molecular flexibility index (Phi) is 4.37. The predicted molar refractivity (Wildman–Crippen MR) is 76.6 cm³/mol. The molecule has 0 amide bonds. The van der Waals surface area contributed by atoms with Crippen molar-refractivity contribution < 1.29 is 4.92 Å². The first kappa shape index (κ1) is 13.8. The molecule has 2 rings (SSSR count). The summed E-state index contributed by atoms with van der Waals surface area (Å²) in [6.07, 6.45) is 3.65. The number of nitrogens with one attached hydrogen (secondary N) is 1. The Bertz CT molecular complexity index is 462. The third-order valence-electron chi connectivity index (χ3n) is 3.80. The zero-order valence-corrected chi connectivity index (χ0v) is 11.6. The van der Waals surface area contributed by atoms with Crippen molar-refractivity contribution in [3.63, 3.8) is 0 Å². The van der Waals surface area contributed by atoms with Gasteiger partial charge in [0.05, 0.1) is 4.92 Å². The number of likely N-dealkylation sites (N-methyl/N-ethyl adjacent to an activating group) is 1. The van der Waals surface area contributed by atoms with Gasteiger partial charge in [-0.15, -0.1) is 0 Å². The zero-order valence-electron chi connectivity index (χ0n) is 11.6. The second kappa shape index (κ2) is 6.02. The monoisotopic (exact) mass is 263 g/mol. The van der Waals surface area contributed by atoms with Crippen LogP contribution in [0.4, 0.5) is 11.4 Å². The molecule has 0 saturated carbocycles. The summed E-state index contributed by atoms with van der Waals surface area (Å²) in [4.78, 5) is 13.0. The molecule has 19 heavy (non-hydrogen) atoms. The average Bonchev–Trinajstić information content (AvgIpc) is 2.37. The molecule has 1 heterocycles. The number of aryl methyl sites for hydroxylation is 1. The molecule has 1 atom stereocenters. The smallest absolute Gasteiger partial charge is 0.292 e. The van der Waals surface area contributed by atoms with E-state index in [1.165, 1.54) is 12.8 Å². The van der Waals surface area contributed by atoms with Gasteiger partial charge in [0.2, 0.25) is 0 Å². The number of nitro groups is 1. The van der Waals surface area contributed by atoms with Gasteiger partial charge in [0.1, 0.15) is 5.69 Å². The van der Waals surface area contributed by atoms with Gasteiger partial charge in [-0.25, -0.2) is 0 Å². The Morgan fingerprint density at radius 1 is 1.47 bits per heavy atom. The molecule has 0 radical (unpaired) electrons. The van der Waals surface area contributed by atoms with E-state index >= 15 is 0 Å². The van der Waals surface area contributed by atoms with E-state index in [4.69, 9.17) is 0 Å². The van der Waals surface area contributed by atoms with E-state index in [0.29, 0.717) is 11.7 Å². The van der Waals surface area contributed by atoms with Crippen molar-refractivity contribution in [2.45, 2.75) is 32.2 Å². The van der Waals surface area contributed by atoms with Crippen molar-refractivity contribution in [3.8, 4) is 0 Å². The highest BCUT2D eigenvalue weighted by atomic mass is 16.6. The largest absolute Gasteiger partial charge is 0.378 e. The summed E-state index contributed by atoms with van der Waals surface area (Å²) >= 11 is 0. The fourth-order valence-corrected chi connectivity index (χ4v) is 2.58. The second-order valence-electron chi connectivity index (χ2n) is 5.29. The lowest BCUT2D eigenvalue weighted by atomic mass is 10.0. The highest BCUT2D eigenvalue weighted by Gasteiger charge is 2.20. The number of piperidine rings is 1. The summed E-state index contributed by atoms with van der Waals surface area (Å²) in [5.41, 5.74) is 1.82. The normalized spacial score (nSPS) is 20.2. The number of likely N-dealkylation sites (tertiary alicyclic amines) is 1. The number of nitrogens with zero attached hydrogens (tertiary/aromatic N) is 2. The van der Waals surface area contributed by atoms with Crippen LogP contribution in [0.15, 0.2) is 18.2 Å². The Morgan fingerprint density at radius 2 is 2.26 bits per heavy atom. The molecular formula is C14H21N3O2. The van der Waals surface area contributed by atoms with Gasteiger partial charge in [0.25, 0.3) is 5.69 Å². The van der Waals surface area contributed by atoms with Crippen LogP contribution in [0.5, 0.6) is 0 Å². The molecule has 1 aromatic carbocycles. The van der Waals surface area contributed by atoms with Crippen LogP contribution in [0.25, 0.3) is 0 Å². The van der Waals surface area contributed by atoms with Gasteiger partial charge in [-0.2, -0.15) is 0 Å². The summed E-state index contributed by atoms with van der Waals surface area (Å²) in [5, 5.41) is 14.3. The maximum atomic E-state index is 11.0. The lowest BCUT2D eigenvalue weighted by molar-refractivity contribution is -0.384. The number of hydrogen-bond donors (Lipinski definition) is 1. The fraction of sp³-hybridized carbons (Fsp3) is 0.571. The van der Waals surface area contributed by atoms with Gasteiger partial charge < -0.3 is 10.2 Å². The fourth-order valence-electron chi connectivity index (χ4n) is 2.58. The van der Waals surface area contributed by atoms with E-state index in [-0.39, 0.29) is 10.6 Å². The lowest BCUT2D eigenvalue weighted by Crippen LogP contribution is -2.40. The van der Waals surface area contributed by atoms with Crippen LogP contribution < -0.4 is 5.32 Å². The van der Waals surface area contributed by atoms with E-state index in [2.05, 4.69) is 17.3 Å². The molecule has 0 bridgehead atoms. The van der Waals surface area contributed by atoms with Crippen molar-refractivity contribution >= 4 is 11.4 Å². The first-order valence-corrected chi connectivity index (χ1v) is 6.77. The Morgan fingerprint density at radius 3 is 2.95 bits per heavy atom. The van der Waals surface area contributed by atoms with Crippen LogP contribution in [0, 0.1) is 17.0 Å².